The third-order valence-electron chi connectivity index (χ3n) is 3.57. The van der Waals surface area contributed by atoms with Gasteiger partial charge in [-0.1, -0.05) is 18.2 Å². The minimum atomic E-state index is 0.0765. The molecular formula is C14H14ClN3O2. The quantitative estimate of drug-likeness (QED) is 0.853. The summed E-state index contributed by atoms with van der Waals surface area (Å²) in [6.45, 7) is 1.39. The van der Waals surface area contributed by atoms with Gasteiger partial charge in [0.2, 0.25) is 5.89 Å². The van der Waals surface area contributed by atoms with Crippen LogP contribution in [0, 0.1) is 0 Å². The Labute approximate surface area is 121 Å². The predicted octanol–water partition coefficient (Wildman–Crippen LogP) is 2.74. The molecule has 3 rings (SSSR count). The van der Waals surface area contributed by atoms with Crippen LogP contribution in [0.4, 0.5) is 0 Å². The standard InChI is InChI=1S/C14H14ClN3O2/c15-14-16-12(20-17-14)10-6-8-18(9-7-10)13(19)11-4-2-1-3-5-11/h1-5,10H,6-9H2. The fourth-order valence-corrected chi connectivity index (χ4v) is 2.59. The van der Waals surface area contributed by atoms with Gasteiger partial charge in [0.1, 0.15) is 0 Å². The van der Waals surface area contributed by atoms with Crippen LogP contribution in [-0.2, 0) is 0 Å². The Kier molecular flexibility index (Phi) is 3.69. The smallest absolute Gasteiger partial charge is 0.263 e. The van der Waals surface area contributed by atoms with Gasteiger partial charge in [-0.25, -0.2) is 0 Å². The predicted molar refractivity (Wildman–Crippen MR) is 73.6 cm³/mol. The number of piperidine rings is 1. The number of rotatable bonds is 2. The summed E-state index contributed by atoms with van der Waals surface area (Å²) < 4.78 is 5.09. The zero-order valence-electron chi connectivity index (χ0n) is 10.8. The van der Waals surface area contributed by atoms with Crippen LogP contribution >= 0.6 is 11.6 Å². The molecule has 6 heteroatoms. The van der Waals surface area contributed by atoms with Gasteiger partial charge in [0.25, 0.3) is 11.2 Å². The summed E-state index contributed by atoms with van der Waals surface area (Å²) >= 11 is 5.66. The number of benzene rings is 1. The molecule has 20 heavy (non-hydrogen) atoms. The molecule has 1 saturated heterocycles. The van der Waals surface area contributed by atoms with Crippen molar-refractivity contribution in [2.75, 3.05) is 13.1 Å². The molecule has 0 atom stereocenters. The minimum absolute atomic E-state index is 0.0765. The van der Waals surface area contributed by atoms with Crippen molar-refractivity contribution < 1.29 is 9.32 Å². The second-order valence-corrected chi connectivity index (χ2v) is 5.17. The Morgan fingerprint density at radius 1 is 1.25 bits per heavy atom. The highest BCUT2D eigenvalue weighted by Crippen LogP contribution is 2.28. The Bertz CT molecular complexity index is 591. The maximum Gasteiger partial charge on any atom is 0.263 e. The number of hydrogen-bond donors (Lipinski definition) is 0. The van der Waals surface area contributed by atoms with E-state index in [1.807, 2.05) is 35.2 Å². The SMILES string of the molecule is O=C(c1ccccc1)N1CCC(c2nc(Cl)no2)CC1. The van der Waals surface area contributed by atoms with Crippen LogP contribution in [0.1, 0.15) is 35.0 Å². The lowest BCUT2D eigenvalue weighted by atomic mass is 9.96. The van der Waals surface area contributed by atoms with E-state index in [0.717, 1.165) is 18.4 Å². The molecule has 0 unspecified atom stereocenters. The molecule has 1 aromatic heterocycles. The van der Waals surface area contributed by atoms with Crippen LogP contribution in [-0.4, -0.2) is 34.0 Å². The van der Waals surface area contributed by atoms with Crippen molar-refractivity contribution in [2.24, 2.45) is 0 Å². The van der Waals surface area contributed by atoms with Gasteiger partial charge in [-0.05, 0) is 41.7 Å². The van der Waals surface area contributed by atoms with E-state index in [1.165, 1.54) is 0 Å². The van der Waals surface area contributed by atoms with Crippen LogP contribution in [0.3, 0.4) is 0 Å². The topological polar surface area (TPSA) is 59.2 Å². The number of halogens is 1. The molecule has 5 nitrogen and oxygen atoms in total. The van der Waals surface area contributed by atoms with Gasteiger partial charge < -0.3 is 9.42 Å². The molecule has 0 aliphatic carbocycles. The van der Waals surface area contributed by atoms with E-state index in [-0.39, 0.29) is 17.1 Å². The van der Waals surface area contributed by atoms with E-state index in [9.17, 15) is 4.79 Å². The molecule has 0 bridgehead atoms. The largest absolute Gasteiger partial charge is 0.339 e. The number of aromatic nitrogens is 2. The van der Waals surface area contributed by atoms with Crippen LogP contribution in [0.2, 0.25) is 5.28 Å². The van der Waals surface area contributed by atoms with Crippen molar-refractivity contribution in [2.45, 2.75) is 18.8 Å². The summed E-state index contributed by atoms with van der Waals surface area (Å²) in [4.78, 5) is 18.2. The van der Waals surface area contributed by atoms with Crippen molar-refractivity contribution >= 4 is 17.5 Å². The number of carbonyl (C=O) groups is 1. The molecule has 1 aliphatic rings. The molecule has 104 valence electrons. The van der Waals surface area contributed by atoms with Crippen molar-refractivity contribution in [1.29, 1.82) is 0 Å². The van der Waals surface area contributed by atoms with E-state index in [0.29, 0.717) is 19.0 Å². The van der Waals surface area contributed by atoms with Gasteiger partial charge in [0.15, 0.2) is 0 Å². The number of likely N-dealkylation sites (tertiary alicyclic amines) is 1. The average Bonchev–Trinajstić information content (AvgIpc) is 2.94. The van der Waals surface area contributed by atoms with E-state index in [4.69, 9.17) is 16.1 Å². The molecule has 1 fully saturated rings. The average molecular weight is 292 g/mol. The van der Waals surface area contributed by atoms with Crippen molar-refractivity contribution in [3.63, 3.8) is 0 Å². The maximum absolute atomic E-state index is 12.3. The zero-order valence-corrected chi connectivity index (χ0v) is 11.6. The van der Waals surface area contributed by atoms with Gasteiger partial charge in [0.05, 0.1) is 0 Å². The van der Waals surface area contributed by atoms with Crippen molar-refractivity contribution in [1.82, 2.24) is 15.0 Å². The lowest BCUT2D eigenvalue weighted by Crippen LogP contribution is -2.37. The van der Waals surface area contributed by atoms with Gasteiger partial charge in [-0.3, -0.25) is 4.79 Å². The normalized spacial score (nSPS) is 16.4. The van der Waals surface area contributed by atoms with E-state index in [1.54, 1.807) is 0 Å². The summed E-state index contributed by atoms with van der Waals surface area (Å²) in [5.74, 6) is 0.837. The van der Waals surface area contributed by atoms with Crippen LogP contribution in [0.25, 0.3) is 0 Å². The number of nitrogens with zero attached hydrogens (tertiary/aromatic N) is 3. The highest BCUT2D eigenvalue weighted by Gasteiger charge is 2.27. The summed E-state index contributed by atoms with van der Waals surface area (Å²) in [6.07, 6.45) is 1.63. The molecule has 2 aromatic rings. The third-order valence-corrected chi connectivity index (χ3v) is 3.72. The summed E-state index contributed by atoms with van der Waals surface area (Å²) in [5, 5.41) is 3.73. The van der Waals surface area contributed by atoms with Crippen LogP contribution < -0.4 is 0 Å². The fraction of sp³-hybridized carbons (Fsp3) is 0.357. The monoisotopic (exact) mass is 291 g/mol. The number of amides is 1. The van der Waals surface area contributed by atoms with E-state index >= 15 is 0 Å². The molecular weight excluding hydrogens is 278 g/mol. The van der Waals surface area contributed by atoms with E-state index in [2.05, 4.69) is 10.1 Å². The first-order valence-electron chi connectivity index (χ1n) is 6.57. The minimum Gasteiger partial charge on any atom is -0.339 e. The molecule has 1 aromatic carbocycles. The Morgan fingerprint density at radius 3 is 2.55 bits per heavy atom. The van der Waals surface area contributed by atoms with Crippen LogP contribution in [0.15, 0.2) is 34.9 Å². The first-order chi connectivity index (χ1) is 9.74. The maximum atomic E-state index is 12.3. The summed E-state index contributed by atoms with van der Waals surface area (Å²) in [6, 6.07) is 9.33. The van der Waals surface area contributed by atoms with Gasteiger partial charge in [0, 0.05) is 24.6 Å². The molecule has 1 aliphatic heterocycles. The summed E-state index contributed by atoms with van der Waals surface area (Å²) in [7, 11) is 0. The summed E-state index contributed by atoms with van der Waals surface area (Å²) in [5.41, 5.74) is 0.729. The third kappa shape index (κ3) is 2.67. The van der Waals surface area contributed by atoms with Gasteiger partial charge >= 0.3 is 0 Å². The Morgan fingerprint density at radius 2 is 1.95 bits per heavy atom. The zero-order chi connectivity index (χ0) is 13.9. The number of carbonyl (C=O) groups excluding carboxylic acids is 1. The molecule has 0 radical (unpaired) electrons. The van der Waals surface area contributed by atoms with Crippen LogP contribution in [0.5, 0.6) is 0 Å². The molecule has 0 spiro atoms. The second kappa shape index (κ2) is 5.63. The van der Waals surface area contributed by atoms with E-state index < -0.39 is 0 Å². The first kappa shape index (κ1) is 13.1. The Balaban J connectivity index is 1.63. The lowest BCUT2D eigenvalue weighted by Gasteiger charge is -2.30. The second-order valence-electron chi connectivity index (χ2n) is 4.83. The molecule has 0 saturated carbocycles. The highest BCUT2D eigenvalue weighted by atomic mass is 35.5. The molecule has 1 amide bonds. The number of hydrogen-bond acceptors (Lipinski definition) is 4. The molecule has 0 N–H and O–H groups in total. The van der Waals surface area contributed by atoms with Crippen molar-refractivity contribution in [3.8, 4) is 0 Å². The van der Waals surface area contributed by atoms with Gasteiger partial charge in [-0.15, -0.1) is 0 Å². The first-order valence-corrected chi connectivity index (χ1v) is 6.95. The highest BCUT2D eigenvalue weighted by molar-refractivity contribution is 6.28. The fourth-order valence-electron chi connectivity index (χ4n) is 2.47. The Hall–Kier alpha value is -1.88. The van der Waals surface area contributed by atoms with Crippen molar-refractivity contribution in [3.05, 3.63) is 47.1 Å². The van der Waals surface area contributed by atoms with Gasteiger partial charge in [-0.2, -0.15) is 4.98 Å². The lowest BCUT2D eigenvalue weighted by molar-refractivity contribution is 0.0704. The molecule has 2 heterocycles.